The van der Waals surface area contributed by atoms with E-state index >= 15 is 0 Å². The highest BCUT2D eigenvalue weighted by atomic mass is 16.2. The Balaban J connectivity index is 2.52. The summed E-state index contributed by atoms with van der Waals surface area (Å²) in [6, 6.07) is -0.445. The van der Waals surface area contributed by atoms with Gasteiger partial charge in [0.25, 0.3) is 0 Å². The Morgan fingerprint density at radius 3 is 2.60 bits per heavy atom. The van der Waals surface area contributed by atoms with Crippen LogP contribution in [0, 0.1) is 5.92 Å². The van der Waals surface area contributed by atoms with Crippen molar-refractivity contribution in [3.05, 3.63) is 5.82 Å². The van der Waals surface area contributed by atoms with E-state index in [1.54, 1.807) is 20.8 Å². The number of nitrogens with one attached hydrogen (secondary N) is 2. The van der Waals surface area contributed by atoms with E-state index in [0.717, 1.165) is 0 Å². The van der Waals surface area contributed by atoms with Crippen LogP contribution in [0.15, 0.2) is 0 Å². The van der Waals surface area contributed by atoms with E-state index in [4.69, 9.17) is 5.73 Å². The first kappa shape index (κ1) is 11.6. The highest BCUT2D eigenvalue weighted by Crippen LogP contribution is 2.06. The smallest absolute Gasteiger partial charge is 0.224 e. The second-order valence-corrected chi connectivity index (χ2v) is 3.65. The highest BCUT2D eigenvalue weighted by molar-refractivity contribution is 5.79. The van der Waals surface area contributed by atoms with E-state index in [0.29, 0.717) is 5.82 Å². The number of carbonyl (C=O) groups excluding carboxylic acids is 1. The van der Waals surface area contributed by atoms with Gasteiger partial charge in [-0.1, -0.05) is 12.1 Å². The summed E-state index contributed by atoms with van der Waals surface area (Å²) < 4.78 is 0. The van der Waals surface area contributed by atoms with Crippen molar-refractivity contribution in [1.82, 2.24) is 25.9 Å². The zero-order valence-corrected chi connectivity index (χ0v) is 9.06. The van der Waals surface area contributed by atoms with Crippen LogP contribution in [0.3, 0.4) is 0 Å². The van der Waals surface area contributed by atoms with E-state index in [-0.39, 0.29) is 23.9 Å². The number of H-pyrrole nitrogens is 1. The third kappa shape index (κ3) is 2.98. The Hall–Kier alpha value is -1.50. The molecule has 3 atom stereocenters. The average Bonchev–Trinajstić information content (AvgIpc) is 2.68. The van der Waals surface area contributed by atoms with Gasteiger partial charge in [-0.05, 0) is 13.8 Å². The fourth-order valence-corrected chi connectivity index (χ4v) is 1.00. The number of tetrazole rings is 1. The molecule has 0 radical (unpaired) electrons. The summed E-state index contributed by atoms with van der Waals surface area (Å²) in [6.07, 6.45) is 0. The number of rotatable bonds is 4. The quantitative estimate of drug-likeness (QED) is 0.615. The minimum atomic E-state index is -0.266. The Morgan fingerprint density at radius 2 is 2.13 bits per heavy atom. The van der Waals surface area contributed by atoms with Crippen molar-refractivity contribution in [1.29, 1.82) is 0 Å². The maximum Gasteiger partial charge on any atom is 0.224 e. The number of aromatic amines is 1. The third-order valence-corrected chi connectivity index (χ3v) is 2.31. The zero-order valence-electron chi connectivity index (χ0n) is 9.06. The van der Waals surface area contributed by atoms with Gasteiger partial charge < -0.3 is 11.1 Å². The van der Waals surface area contributed by atoms with Crippen LogP contribution in [0.1, 0.15) is 32.6 Å². The molecule has 7 heteroatoms. The van der Waals surface area contributed by atoms with Crippen molar-refractivity contribution in [2.45, 2.75) is 32.9 Å². The Labute approximate surface area is 87.8 Å². The molecule has 1 rings (SSSR count). The molecule has 0 saturated carbocycles. The van der Waals surface area contributed by atoms with Crippen molar-refractivity contribution in [2.24, 2.45) is 11.7 Å². The lowest BCUT2D eigenvalue weighted by Gasteiger charge is -2.17. The van der Waals surface area contributed by atoms with Gasteiger partial charge in [-0.2, -0.15) is 5.21 Å². The highest BCUT2D eigenvalue weighted by Gasteiger charge is 2.20. The van der Waals surface area contributed by atoms with Crippen LogP contribution in [0.4, 0.5) is 0 Å². The van der Waals surface area contributed by atoms with Crippen molar-refractivity contribution in [3.63, 3.8) is 0 Å². The molecular weight excluding hydrogens is 196 g/mol. The molecule has 0 aromatic carbocycles. The molecule has 15 heavy (non-hydrogen) atoms. The van der Waals surface area contributed by atoms with E-state index in [9.17, 15) is 4.79 Å². The summed E-state index contributed by atoms with van der Waals surface area (Å²) in [5.74, 6) is 0.113. The molecule has 0 aliphatic rings. The summed E-state index contributed by atoms with van der Waals surface area (Å²) >= 11 is 0. The zero-order chi connectivity index (χ0) is 11.4. The molecule has 4 N–H and O–H groups in total. The Kier molecular flexibility index (Phi) is 3.73. The predicted molar refractivity (Wildman–Crippen MR) is 53.5 cm³/mol. The molecule has 0 fully saturated rings. The minimum absolute atomic E-state index is 0.109. The molecule has 0 aliphatic carbocycles. The third-order valence-electron chi connectivity index (χ3n) is 2.31. The van der Waals surface area contributed by atoms with Crippen LogP contribution in [0.25, 0.3) is 0 Å². The van der Waals surface area contributed by atoms with Gasteiger partial charge in [0.2, 0.25) is 5.91 Å². The first-order valence-electron chi connectivity index (χ1n) is 4.81. The van der Waals surface area contributed by atoms with Crippen LogP contribution in [-0.2, 0) is 4.79 Å². The van der Waals surface area contributed by atoms with Crippen LogP contribution >= 0.6 is 0 Å². The van der Waals surface area contributed by atoms with Gasteiger partial charge in [-0.25, -0.2) is 0 Å². The van der Waals surface area contributed by atoms with Gasteiger partial charge >= 0.3 is 0 Å². The van der Waals surface area contributed by atoms with Crippen molar-refractivity contribution in [3.8, 4) is 0 Å². The van der Waals surface area contributed by atoms with E-state index < -0.39 is 0 Å². The van der Waals surface area contributed by atoms with Gasteiger partial charge in [0.1, 0.15) is 0 Å². The van der Waals surface area contributed by atoms with Crippen molar-refractivity contribution in [2.75, 3.05) is 0 Å². The fourth-order valence-electron chi connectivity index (χ4n) is 1.00. The summed E-state index contributed by atoms with van der Waals surface area (Å²) in [7, 11) is 0. The number of nitrogens with zero attached hydrogens (tertiary/aromatic N) is 3. The summed E-state index contributed by atoms with van der Waals surface area (Å²) in [4.78, 5) is 11.6. The molecule has 84 valence electrons. The lowest BCUT2D eigenvalue weighted by atomic mass is 10.0. The Morgan fingerprint density at radius 1 is 1.47 bits per heavy atom. The van der Waals surface area contributed by atoms with Crippen LogP contribution in [0.5, 0.6) is 0 Å². The van der Waals surface area contributed by atoms with Gasteiger partial charge in [0.15, 0.2) is 5.82 Å². The standard InChI is InChI=1S/C8H16N6O/c1-4(5(2)9)8(15)10-6(3)7-11-13-14-12-7/h4-6H,9H2,1-3H3,(H,10,15)(H,11,12,13,14). The van der Waals surface area contributed by atoms with Crippen molar-refractivity contribution >= 4 is 5.91 Å². The SMILES string of the molecule is CC(NC(=O)C(C)C(C)N)c1nn[nH]n1. The molecule has 7 nitrogen and oxygen atoms in total. The number of nitrogens with two attached hydrogens (primary N) is 1. The molecule has 1 heterocycles. The maximum atomic E-state index is 11.6. The Bertz CT molecular complexity index is 309. The molecular formula is C8H16N6O. The normalized spacial score (nSPS) is 16.8. The number of amides is 1. The lowest BCUT2D eigenvalue weighted by Crippen LogP contribution is -2.39. The van der Waals surface area contributed by atoms with Gasteiger partial charge in [0, 0.05) is 12.0 Å². The molecule has 3 unspecified atom stereocenters. The predicted octanol–water partition coefficient (Wildman–Crippen LogP) is -0.640. The first-order valence-corrected chi connectivity index (χ1v) is 4.81. The molecule has 0 saturated heterocycles. The van der Waals surface area contributed by atoms with Crippen LogP contribution in [0.2, 0.25) is 0 Å². The molecule has 0 spiro atoms. The second kappa shape index (κ2) is 4.83. The van der Waals surface area contributed by atoms with Crippen LogP contribution < -0.4 is 11.1 Å². The summed E-state index contributed by atoms with van der Waals surface area (Å²) in [5, 5.41) is 16.1. The molecule has 1 aromatic heterocycles. The number of carbonyl (C=O) groups is 1. The monoisotopic (exact) mass is 212 g/mol. The van der Waals surface area contributed by atoms with Crippen molar-refractivity contribution < 1.29 is 4.79 Å². The average molecular weight is 212 g/mol. The molecule has 0 aliphatic heterocycles. The van der Waals surface area contributed by atoms with E-state index in [1.165, 1.54) is 0 Å². The number of hydrogen-bond acceptors (Lipinski definition) is 5. The lowest BCUT2D eigenvalue weighted by molar-refractivity contribution is -0.125. The first-order chi connectivity index (χ1) is 7.02. The van der Waals surface area contributed by atoms with E-state index in [1.807, 2.05) is 0 Å². The van der Waals surface area contributed by atoms with Gasteiger partial charge in [0.05, 0.1) is 6.04 Å². The minimum Gasteiger partial charge on any atom is -0.346 e. The topological polar surface area (TPSA) is 110 Å². The summed E-state index contributed by atoms with van der Waals surface area (Å²) in [6.45, 7) is 5.36. The molecule has 0 bridgehead atoms. The van der Waals surface area contributed by atoms with Crippen LogP contribution in [-0.4, -0.2) is 32.6 Å². The second-order valence-electron chi connectivity index (χ2n) is 3.65. The molecule has 1 amide bonds. The maximum absolute atomic E-state index is 11.6. The van der Waals surface area contributed by atoms with E-state index in [2.05, 4.69) is 25.9 Å². The number of hydrogen-bond donors (Lipinski definition) is 3. The summed E-state index contributed by atoms with van der Waals surface area (Å²) in [5.41, 5.74) is 5.62. The van der Waals surface area contributed by atoms with Gasteiger partial charge in [-0.15, -0.1) is 10.2 Å². The largest absolute Gasteiger partial charge is 0.346 e. The van der Waals surface area contributed by atoms with Gasteiger partial charge in [-0.3, -0.25) is 4.79 Å². The molecule has 1 aromatic rings. The fraction of sp³-hybridized carbons (Fsp3) is 0.750. The number of aromatic nitrogens is 4.